The van der Waals surface area contributed by atoms with Crippen molar-refractivity contribution in [3.05, 3.63) is 152 Å². The number of aromatic nitrogens is 4. The molecule has 0 spiro atoms. The first-order chi connectivity index (χ1) is 26.9. The molecule has 284 valence electrons. The Morgan fingerprint density at radius 1 is 0.607 bits per heavy atom. The number of carbonyl (C=O) groups excluding carboxylic acids is 4. The molecule has 0 aliphatic heterocycles. The van der Waals surface area contributed by atoms with E-state index in [1.165, 1.54) is 21.8 Å². The fourth-order valence-electron chi connectivity index (χ4n) is 5.95. The average molecular weight is 790 g/mol. The Morgan fingerprint density at radius 3 is 1.52 bits per heavy atom. The molecular formula is C42H38Cl2N8O4. The van der Waals surface area contributed by atoms with Crippen LogP contribution in [0.4, 0.5) is 11.6 Å². The minimum absolute atomic E-state index is 0.119. The molecular weight excluding hydrogens is 751 g/mol. The Hall–Kier alpha value is -6.24. The highest BCUT2D eigenvalue weighted by molar-refractivity contribution is 6.35. The van der Waals surface area contributed by atoms with Gasteiger partial charge in [0.15, 0.2) is 11.6 Å². The monoisotopic (exact) mass is 788 g/mol. The Balaban J connectivity index is 0.000000172. The van der Waals surface area contributed by atoms with Crippen molar-refractivity contribution in [1.82, 2.24) is 30.2 Å². The second kappa shape index (κ2) is 15.9. The summed E-state index contributed by atoms with van der Waals surface area (Å²) in [6.07, 6.45) is 6.95. The molecule has 2 saturated carbocycles. The molecule has 0 saturated heterocycles. The van der Waals surface area contributed by atoms with E-state index < -0.39 is 0 Å². The van der Waals surface area contributed by atoms with Crippen LogP contribution in [0.1, 0.15) is 89.4 Å². The largest absolute Gasteiger partial charge is 0.383 e. The average Bonchev–Trinajstić information content (AvgIpc) is 4.12. The number of hydrogen-bond donors (Lipinski definition) is 4. The highest BCUT2D eigenvalue weighted by atomic mass is 35.5. The summed E-state index contributed by atoms with van der Waals surface area (Å²) < 4.78 is 2.97. The van der Waals surface area contributed by atoms with E-state index in [-0.39, 0.29) is 52.7 Å². The van der Waals surface area contributed by atoms with E-state index >= 15 is 0 Å². The Labute approximate surface area is 332 Å². The summed E-state index contributed by atoms with van der Waals surface area (Å²) in [6, 6.07) is 24.7. The third-order valence-corrected chi connectivity index (χ3v) is 10.1. The number of ketones is 2. The van der Waals surface area contributed by atoms with Crippen molar-refractivity contribution >= 4 is 58.2 Å². The van der Waals surface area contributed by atoms with Gasteiger partial charge in [-0.15, -0.1) is 0 Å². The number of nitrogens with zero attached hydrogens (tertiary/aromatic N) is 4. The number of amides is 2. The summed E-state index contributed by atoms with van der Waals surface area (Å²) in [5, 5.41) is 15.4. The van der Waals surface area contributed by atoms with E-state index in [0.29, 0.717) is 49.2 Å². The van der Waals surface area contributed by atoms with Crippen molar-refractivity contribution in [3.8, 4) is 11.4 Å². The first-order valence-electron chi connectivity index (χ1n) is 18.0. The SMILES string of the molecule is Cc1ccc(C(=O)NC2CC2)cc1-n1ncc(C(=O)c2ccc(Cl)cc2)c1N.Cc1ccc(C(=O)NC2CC2)cc1-n1ncc(C(=O)c2ccccc2Cl)c1N. The molecule has 2 aliphatic carbocycles. The van der Waals surface area contributed by atoms with E-state index in [2.05, 4.69) is 20.8 Å². The first kappa shape index (κ1) is 38.1. The van der Waals surface area contributed by atoms with Gasteiger partial charge < -0.3 is 22.1 Å². The summed E-state index contributed by atoms with van der Waals surface area (Å²) in [7, 11) is 0. The molecule has 2 aliphatic rings. The van der Waals surface area contributed by atoms with Crippen LogP contribution in [0.25, 0.3) is 11.4 Å². The van der Waals surface area contributed by atoms with Gasteiger partial charge in [0.2, 0.25) is 0 Å². The highest BCUT2D eigenvalue weighted by Gasteiger charge is 2.26. The smallest absolute Gasteiger partial charge is 0.251 e. The lowest BCUT2D eigenvalue weighted by molar-refractivity contribution is 0.0942. The Bertz CT molecular complexity index is 2500. The van der Waals surface area contributed by atoms with Crippen LogP contribution in [-0.4, -0.2) is 55.0 Å². The number of nitrogens with one attached hydrogen (secondary N) is 2. The molecule has 12 nitrogen and oxygen atoms in total. The number of anilines is 2. The number of benzene rings is 4. The Kier molecular flexibility index (Phi) is 10.8. The lowest BCUT2D eigenvalue weighted by Crippen LogP contribution is -2.25. The van der Waals surface area contributed by atoms with Crippen molar-refractivity contribution < 1.29 is 19.2 Å². The molecule has 0 unspecified atom stereocenters. The highest BCUT2D eigenvalue weighted by Crippen LogP contribution is 2.28. The Morgan fingerprint density at radius 2 is 1.05 bits per heavy atom. The van der Waals surface area contributed by atoms with Crippen LogP contribution in [0.15, 0.2) is 97.3 Å². The molecule has 2 fully saturated rings. The molecule has 0 radical (unpaired) electrons. The van der Waals surface area contributed by atoms with Crippen LogP contribution < -0.4 is 22.1 Å². The van der Waals surface area contributed by atoms with Crippen LogP contribution in [0, 0.1) is 13.8 Å². The molecule has 6 aromatic rings. The lowest BCUT2D eigenvalue weighted by atomic mass is 10.1. The third-order valence-electron chi connectivity index (χ3n) is 9.55. The second-order valence-electron chi connectivity index (χ2n) is 13.9. The number of halogens is 2. The van der Waals surface area contributed by atoms with E-state index in [0.717, 1.165) is 36.8 Å². The maximum atomic E-state index is 12.8. The molecule has 4 aromatic carbocycles. The van der Waals surface area contributed by atoms with E-state index in [1.807, 2.05) is 26.0 Å². The molecule has 6 N–H and O–H groups in total. The van der Waals surface area contributed by atoms with Crippen molar-refractivity contribution in [2.45, 2.75) is 51.6 Å². The maximum Gasteiger partial charge on any atom is 0.251 e. The van der Waals surface area contributed by atoms with Crippen LogP contribution in [-0.2, 0) is 0 Å². The van der Waals surface area contributed by atoms with E-state index in [1.54, 1.807) is 72.8 Å². The normalized spacial score (nSPS) is 13.4. The predicted molar refractivity (Wildman–Crippen MR) is 216 cm³/mol. The molecule has 2 amide bonds. The molecule has 8 rings (SSSR count). The van der Waals surface area contributed by atoms with Gasteiger partial charge in [-0.05, 0) is 111 Å². The zero-order chi connectivity index (χ0) is 39.7. The van der Waals surface area contributed by atoms with Crippen LogP contribution >= 0.6 is 23.2 Å². The summed E-state index contributed by atoms with van der Waals surface area (Å²) in [5.41, 5.74) is 18.0. The molecule has 2 heterocycles. The predicted octanol–water partition coefficient (Wildman–Crippen LogP) is 7.08. The molecule has 56 heavy (non-hydrogen) atoms. The summed E-state index contributed by atoms with van der Waals surface area (Å²) in [4.78, 5) is 50.3. The summed E-state index contributed by atoms with van der Waals surface area (Å²) >= 11 is 12.0. The molecule has 0 bridgehead atoms. The van der Waals surface area contributed by atoms with Crippen LogP contribution in [0.3, 0.4) is 0 Å². The number of nitrogen functional groups attached to an aromatic ring is 2. The zero-order valence-electron chi connectivity index (χ0n) is 30.6. The van der Waals surface area contributed by atoms with Gasteiger partial charge in [-0.3, -0.25) is 19.2 Å². The van der Waals surface area contributed by atoms with Gasteiger partial charge in [-0.1, -0.05) is 47.5 Å². The minimum Gasteiger partial charge on any atom is -0.383 e. The lowest BCUT2D eigenvalue weighted by Gasteiger charge is -2.11. The zero-order valence-corrected chi connectivity index (χ0v) is 32.1. The van der Waals surface area contributed by atoms with Gasteiger partial charge in [0.1, 0.15) is 11.6 Å². The first-order valence-corrected chi connectivity index (χ1v) is 18.8. The van der Waals surface area contributed by atoms with Gasteiger partial charge in [0.05, 0.1) is 39.9 Å². The fourth-order valence-corrected chi connectivity index (χ4v) is 6.29. The van der Waals surface area contributed by atoms with Gasteiger partial charge in [0.25, 0.3) is 11.8 Å². The molecule has 14 heteroatoms. The van der Waals surface area contributed by atoms with Gasteiger partial charge in [-0.2, -0.15) is 10.2 Å². The van der Waals surface area contributed by atoms with Crippen molar-refractivity contribution in [2.75, 3.05) is 11.5 Å². The standard InChI is InChI=1S/2C21H19ClN4O2/c1-12-2-3-14(21(28)25-16-8-9-16)10-18(12)26-20(23)17(11-24-26)19(27)13-4-6-15(22)7-5-13;1-12-6-7-13(21(28)25-14-8-9-14)10-18(12)26-20(23)16(11-24-26)19(27)15-4-2-3-5-17(15)22/h2-7,10-11,16H,8-9,23H2,1H3,(H,25,28);2-7,10-11,14H,8-9,23H2,1H3,(H,25,28). The topological polar surface area (TPSA) is 180 Å². The third kappa shape index (κ3) is 8.21. The van der Waals surface area contributed by atoms with Gasteiger partial charge in [0, 0.05) is 39.4 Å². The maximum absolute atomic E-state index is 12.8. The van der Waals surface area contributed by atoms with Gasteiger partial charge in [-0.25, -0.2) is 9.36 Å². The fraction of sp³-hybridized carbons (Fsp3) is 0.190. The van der Waals surface area contributed by atoms with E-state index in [9.17, 15) is 19.2 Å². The summed E-state index contributed by atoms with van der Waals surface area (Å²) in [6.45, 7) is 3.80. The van der Waals surface area contributed by atoms with Crippen molar-refractivity contribution in [3.63, 3.8) is 0 Å². The van der Waals surface area contributed by atoms with Crippen LogP contribution in [0.2, 0.25) is 10.0 Å². The number of hydrogen-bond acceptors (Lipinski definition) is 8. The summed E-state index contributed by atoms with van der Waals surface area (Å²) in [5.74, 6) is -0.348. The number of aryl methyl sites for hydroxylation is 2. The number of nitrogens with two attached hydrogens (primary N) is 2. The van der Waals surface area contributed by atoms with Crippen LogP contribution in [0.5, 0.6) is 0 Å². The van der Waals surface area contributed by atoms with Gasteiger partial charge >= 0.3 is 0 Å². The molecule has 0 atom stereocenters. The number of rotatable bonds is 10. The minimum atomic E-state index is -0.297. The van der Waals surface area contributed by atoms with Crippen molar-refractivity contribution in [2.24, 2.45) is 0 Å². The second-order valence-corrected chi connectivity index (χ2v) is 14.7. The number of carbonyl (C=O) groups is 4. The van der Waals surface area contributed by atoms with Crippen molar-refractivity contribution in [1.29, 1.82) is 0 Å². The van der Waals surface area contributed by atoms with E-state index in [4.69, 9.17) is 34.7 Å². The quantitative estimate of drug-likeness (QED) is 0.106. The molecule has 2 aromatic heterocycles.